The van der Waals surface area contributed by atoms with Gasteiger partial charge in [0.25, 0.3) is 0 Å². The summed E-state index contributed by atoms with van der Waals surface area (Å²) in [5, 5.41) is 0.626. The van der Waals surface area contributed by atoms with Gasteiger partial charge in [0.2, 0.25) is 5.43 Å². The lowest BCUT2D eigenvalue weighted by Gasteiger charge is -2.06. The van der Waals surface area contributed by atoms with Gasteiger partial charge in [-0.15, -0.1) is 11.8 Å². The van der Waals surface area contributed by atoms with Crippen LogP contribution in [0.4, 0.5) is 0 Å². The first-order valence-electron chi connectivity index (χ1n) is 6.06. The third-order valence-electron chi connectivity index (χ3n) is 3.09. The van der Waals surface area contributed by atoms with Gasteiger partial charge < -0.3 is 4.42 Å². The molecule has 0 saturated carbocycles. The van der Waals surface area contributed by atoms with Crippen LogP contribution in [-0.4, -0.2) is 6.26 Å². The van der Waals surface area contributed by atoms with Crippen molar-refractivity contribution in [1.29, 1.82) is 0 Å². The van der Waals surface area contributed by atoms with Gasteiger partial charge in [-0.2, -0.15) is 0 Å². The lowest BCUT2D eigenvalue weighted by Crippen LogP contribution is -2.07. The van der Waals surface area contributed by atoms with Gasteiger partial charge in [-0.05, 0) is 53.1 Å². The minimum absolute atomic E-state index is 0.0244. The second-order valence-electron chi connectivity index (χ2n) is 4.30. The molecule has 1 heterocycles. The number of para-hydroxylation sites is 1. The Labute approximate surface area is 134 Å². The van der Waals surface area contributed by atoms with Gasteiger partial charge in [0.05, 0.1) is 5.39 Å². The molecule has 2 nitrogen and oxygen atoms in total. The largest absolute Gasteiger partial charge is 0.455 e. The van der Waals surface area contributed by atoms with Gasteiger partial charge >= 0.3 is 0 Å². The van der Waals surface area contributed by atoms with E-state index in [1.165, 1.54) is 4.90 Å². The molecule has 0 aliphatic carbocycles. The summed E-state index contributed by atoms with van der Waals surface area (Å²) in [5.41, 5.74) is 1.58. The Morgan fingerprint density at radius 2 is 1.75 bits per heavy atom. The summed E-state index contributed by atoms with van der Waals surface area (Å²) in [6.07, 6.45) is 2.04. The Hall–Kier alpha value is -1.27. The van der Waals surface area contributed by atoms with Gasteiger partial charge in [-0.3, -0.25) is 4.79 Å². The van der Waals surface area contributed by atoms with Gasteiger partial charge in [0, 0.05) is 10.5 Å². The van der Waals surface area contributed by atoms with Crippen LogP contribution in [0.25, 0.3) is 22.3 Å². The number of hydrogen-bond donors (Lipinski definition) is 0. The van der Waals surface area contributed by atoms with Crippen molar-refractivity contribution < 1.29 is 4.42 Å². The zero-order chi connectivity index (χ0) is 14.1. The van der Waals surface area contributed by atoms with Crippen LogP contribution < -0.4 is 5.43 Å². The van der Waals surface area contributed by atoms with E-state index in [1.54, 1.807) is 17.8 Å². The highest BCUT2D eigenvalue weighted by molar-refractivity contribution is 14.1. The van der Waals surface area contributed by atoms with Crippen LogP contribution in [0.3, 0.4) is 0 Å². The maximum Gasteiger partial charge on any atom is 0.206 e. The molecule has 0 spiro atoms. The van der Waals surface area contributed by atoms with E-state index in [-0.39, 0.29) is 5.43 Å². The number of fused-ring (bicyclic) bond motifs is 1. The number of halogens is 1. The topological polar surface area (TPSA) is 30.2 Å². The van der Waals surface area contributed by atoms with E-state index in [0.717, 1.165) is 5.56 Å². The molecule has 0 saturated heterocycles. The van der Waals surface area contributed by atoms with Crippen LogP contribution >= 0.6 is 34.4 Å². The molecule has 0 bridgehead atoms. The Bertz CT molecular complexity index is 822. The van der Waals surface area contributed by atoms with Crippen molar-refractivity contribution in [2.45, 2.75) is 4.90 Å². The summed E-state index contributed by atoms with van der Waals surface area (Å²) in [6.45, 7) is 0. The second-order valence-corrected chi connectivity index (χ2v) is 6.26. The normalized spacial score (nSPS) is 10.9. The molecule has 0 unspecified atom stereocenters. The Morgan fingerprint density at radius 1 is 1.05 bits per heavy atom. The van der Waals surface area contributed by atoms with Crippen LogP contribution in [0.5, 0.6) is 0 Å². The quantitative estimate of drug-likeness (QED) is 0.463. The van der Waals surface area contributed by atoms with E-state index in [4.69, 9.17) is 4.42 Å². The molecule has 0 aliphatic heterocycles. The first-order valence-corrected chi connectivity index (χ1v) is 8.37. The van der Waals surface area contributed by atoms with E-state index < -0.39 is 0 Å². The Morgan fingerprint density at radius 3 is 2.45 bits per heavy atom. The molecule has 0 amide bonds. The van der Waals surface area contributed by atoms with Crippen molar-refractivity contribution in [2.75, 3.05) is 6.26 Å². The predicted molar refractivity (Wildman–Crippen MR) is 92.4 cm³/mol. The molecule has 1 aromatic heterocycles. The zero-order valence-corrected chi connectivity index (χ0v) is 13.7. The molecule has 4 heteroatoms. The lowest BCUT2D eigenvalue weighted by molar-refractivity contribution is 0.615. The second kappa shape index (κ2) is 5.61. The first kappa shape index (κ1) is 13.7. The molecule has 3 rings (SSSR count). The number of rotatable bonds is 2. The third-order valence-corrected chi connectivity index (χ3v) is 4.82. The number of thioether (sulfide) groups is 1. The van der Waals surface area contributed by atoms with E-state index in [0.29, 0.717) is 20.3 Å². The van der Waals surface area contributed by atoms with E-state index in [9.17, 15) is 4.79 Å². The highest BCUT2D eigenvalue weighted by Gasteiger charge is 2.13. The summed E-state index contributed by atoms with van der Waals surface area (Å²) in [4.78, 5) is 13.6. The smallest absolute Gasteiger partial charge is 0.206 e. The Balaban J connectivity index is 2.25. The van der Waals surface area contributed by atoms with Gasteiger partial charge in [-0.1, -0.05) is 24.3 Å². The zero-order valence-electron chi connectivity index (χ0n) is 10.7. The van der Waals surface area contributed by atoms with E-state index >= 15 is 0 Å². The van der Waals surface area contributed by atoms with Crippen molar-refractivity contribution in [1.82, 2.24) is 0 Å². The molecule has 0 N–H and O–H groups in total. The Kier molecular flexibility index (Phi) is 3.85. The van der Waals surface area contributed by atoms with Crippen molar-refractivity contribution in [3.8, 4) is 11.3 Å². The summed E-state index contributed by atoms with van der Waals surface area (Å²) < 4.78 is 6.54. The van der Waals surface area contributed by atoms with Gasteiger partial charge in [-0.25, -0.2) is 0 Å². The van der Waals surface area contributed by atoms with Gasteiger partial charge in [0.1, 0.15) is 9.15 Å². The summed E-state index contributed by atoms with van der Waals surface area (Å²) in [6, 6.07) is 15.4. The first-order chi connectivity index (χ1) is 9.70. The van der Waals surface area contributed by atoms with Gasteiger partial charge in [0.15, 0.2) is 5.76 Å². The molecular formula is C16H11IO2S. The average Bonchev–Trinajstić information content (AvgIpc) is 2.51. The summed E-state index contributed by atoms with van der Waals surface area (Å²) in [5.74, 6) is 0.641. The minimum Gasteiger partial charge on any atom is -0.455 e. The molecule has 100 valence electrons. The van der Waals surface area contributed by atoms with E-state index in [2.05, 4.69) is 22.6 Å². The van der Waals surface area contributed by atoms with Crippen LogP contribution in [0.15, 0.2) is 62.6 Å². The fraction of sp³-hybridized carbons (Fsp3) is 0.0625. The average molecular weight is 394 g/mol. The fourth-order valence-corrected chi connectivity index (χ4v) is 3.17. The third kappa shape index (κ3) is 2.38. The van der Waals surface area contributed by atoms with Crippen LogP contribution in [0, 0.1) is 3.57 Å². The molecule has 3 aromatic rings. The van der Waals surface area contributed by atoms with Crippen LogP contribution in [-0.2, 0) is 0 Å². The molecule has 0 fully saturated rings. The summed E-state index contributed by atoms with van der Waals surface area (Å²) >= 11 is 3.75. The van der Waals surface area contributed by atoms with Crippen molar-refractivity contribution in [3.63, 3.8) is 0 Å². The fourth-order valence-electron chi connectivity index (χ4n) is 2.05. The maximum atomic E-state index is 12.4. The molecule has 20 heavy (non-hydrogen) atoms. The predicted octanol–water partition coefficient (Wildman–Crippen LogP) is 4.79. The molecule has 0 radical (unpaired) electrons. The maximum absolute atomic E-state index is 12.4. The monoisotopic (exact) mass is 394 g/mol. The van der Waals surface area contributed by atoms with Crippen LogP contribution in [0.2, 0.25) is 0 Å². The lowest BCUT2D eigenvalue weighted by atomic mass is 10.1. The van der Waals surface area contributed by atoms with Crippen molar-refractivity contribution in [3.05, 3.63) is 62.3 Å². The van der Waals surface area contributed by atoms with E-state index in [1.807, 2.05) is 48.7 Å². The summed E-state index contributed by atoms with van der Waals surface area (Å²) in [7, 11) is 0. The number of benzene rings is 2. The SMILES string of the molecule is CSc1ccc(-c2oc3ccccc3c(=O)c2I)cc1. The molecule has 0 atom stereocenters. The highest BCUT2D eigenvalue weighted by Crippen LogP contribution is 2.28. The van der Waals surface area contributed by atoms with Crippen LogP contribution in [0.1, 0.15) is 0 Å². The highest BCUT2D eigenvalue weighted by atomic mass is 127. The van der Waals surface area contributed by atoms with Crippen molar-refractivity contribution >= 4 is 45.3 Å². The van der Waals surface area contributed by atoms with Crippen molar-refractivity contribution in [2.24, 2.45) is 0 Å². The number of hydrogen-bond acceptors (Lipinski definition) is 3. The minimum atomic E-state index is 0.0244. The molecule has 2 aromatic carbocycles. The molecule has 0 aliphatic rings. The standard InChI is InChI=1S/C16H11IO2S/c1-20-11-8-6-10(7-9-11)16-14(17)15(18)12-4-2-3-5-13(12)19-16/h2-9H,1H3. The molecular weight excluding hydrogens is 383 g/mol.